The van der Waals surface area contributed by atoms with Crippen molar-refractivity contribution in [2.45, 2.75) is 174 Å². The molecule has 0 rings (SSSR count). The molecule has 0 aromatic carbocycles. The van der Waals surface area contributed by atoms with Gasteiger partial charge in [0, 0.05) is 19.4 Å². The van der Waals surface area contributed by atoms with Crippen LogP contribution in [-0.2, 0) is 27.9 Å². The van der Waals surface area contributed by atoms with Crippen LogP contribution in [0, 0.1) is 0 Å². The fourth-order valence-electron chi connectivity index (χ4n) is 5.68. The maximum Gasteiger partial charge on any atom is 0.472 e. The number of phosphoric ester groups is 1. The number of aliphatic hydroxyl groups excluding tert-OH is 1. The summed E-state index contributed by atoms with van der Waals surface area (Å²) in [5.74, 6) is -0.577. The molecule has 0 aromatic heterocycles. The highest BCUT2D eigenvalue weighted by Gasteiger charge is 2.23. The van der Waals surface area contributed by atoms with Gasteiger partial charge in [-0.25, -0.2) is 4.57 Å². The number of phosphoric acid groups is 1. The normalized spacial score (nSPS) is 14.2. The van der Waals surface area contributed by atoms with E-state index in [0.717, 1.165) is 109 Å². The number of aliphatic hydroxyl groups is 1. The molecule has 0 radical (unpaired) electrons. The molecular weight excluding hydrogens is 786 g/mol. The topological polar surface area (TPSA) is 131 Å². The molecule has 0 aromatic rings. The van der Waals surface area contributed by atoms with Gasteiger partial charge in [0.1, 0.15) is 12.7 Å². The van der Waals surface area contributed by atoms with Crippen LogP contribution in [0.1, 0.15) is 168 Å². The number of hydrogen-bond acceptors (Lipinski definition) is 7. The first-order chi connectivity index (χ1) is 29.8. The Bertz CT molecular complexity index is 1360. The summed E-state index contributed by atoms with van der Waals surface area (Å²) in [6.45, 7) is 3.33. The summed E-state index contributed by atoms with van der Waals surface area (Å²) in [6.07, 6.45) is 61.6. The van der Waals surface area contributed by atoms with E-state index in [4.69, 9.17) is 13.8 Å². The molecule has 0 saturated heterocycles. The average Bonchev–Trinajstić information content (AvgIpc) is 3.25. The van der Waals surface area contributed by atoms with Gasteiger partial charge in [-0.05, 0) is 103 Å². The van der Waals surface area contributed by atoms with Gasteiger partial charge in [0.15, 0.2) is 0 Å². The number of nitrogens with one attached hydrogen (secondary N) is 1. The van der Waals surface area contributed by atoms with Gasteiger partial charge in [0.25, 0.3) is 0 Å². The zero-order valence-electron chi connectivity index (χ0n) is 38.1. The molecule has 346 valence electrons. The molecule has 1 amide bonds. The van der Waals surface area contributed by atoms with Crippen LogP contribution in [0.25, 0.3) is 0 Å². The van der Waals surface area contributed by atoms with Crippen LogP contribution in [0.4, 0.5) is 0 Å². The minimum atomic E-state index is -4.44. The number of ether oxygens (including phenoxy) is 1. The van der Waals surface area contributed by atoms with Gasteiger partial charge in [-0.3, -0.25) is 18.6 Å². The van der Waals surface area contributed by atoms with Gasteiger partial charge in [-0.15, -0.1) is 0 Å². The van der Waals surface area contributed by atoms with E-state index in [1.54, 1.807) is 0 Å². The number of hydrogen-bond donors (Lipinski definition) is 3. The molecule has 0 saturated carbocycles. The molecule has 10 heteroatoms. The lowest BCUT2D eigenvalue weighted by Crippen LogP contribution is -2.27. The van der Waals surface area contributed by atoms with Crippen LogP contribution >= 0.6 is 7.82 Å². The van der Waals surface area contributed by atoms with Crippen molar-refractivity contribution in [3.05, 3.63) is 109 Å². The first kappa shape index (κ1) is 57.7. The van der Waals surface area contributed by atoms with Crippen molar-refractivity contribution in [2.75, 3.05) is 26.4 Å². The molecule has 0 fully saturated rings. The first-order valence-corrected chi connectivity index (χ1v) is 24.9. The maximum atomic E-state index is 12.1. The highest BCUT2D eigenvalue weighted by atomic mass is 31.2. The van der Waals surface area contributed by atoms with Crippen LogP contribution in [-0.4, -0.2) is 54.3 Å². The molecule has 9 nitrogen and oxygen atoms in total. The third-order valence-corrected chi connectivity index (χ3v) is 10.2. The molecule has 61 heavy (non-hydrogen) atoms. The largest absolute Gasteiger partial charge is 0.472 e. The standard InChI is InChI=1S/C51H84NO8P/c1-3-5-7-9-11-13-15-17-19-21-23-24-26-28-30-32-34-36-38-40-42-44-51(55)58-47-49(53)48-60-61(56,57)59-46-45-52-50(54)43-41-39-37-35-33-31-29-27-25-22-20-18-16-14-12-10-8-6-4-2/h6,8,11-14,17-20,23-25,27-28,30-31,33,49,53H,3-5,7,9-10,15-16,21-22,26,29,32,34-48H2,1-2H3,(H,52,54)(H,56,57)/b8-6-,13-11-,14-12-,19-17-,20-18-,24-23-,27-25-,30-28-,33-31-. The minimum Gasteiger partial charge on any atom is -0.463 e. The summed E-state index contributed by atoms with van der Waals surface area (Å²) in [6, 6.07) is 0. The van der Waals surface area contributed by atoms with Crippen molar-refractivity contribution < 1.29 is 37.9 Å². The van der Waals surface area contributed by atoms with Crippen LogP contribution < -0.4 is 5.32 Å². The predicted octanol–water partition coefficient (Wildman–Crippen LogP) is 13.5. The lowest BCUT2D eigenvalue weighted by atomic mass is 10.1. The van der Waals surface area contributed by atoms with E-state index < -0.39 is 26.5 Å². The van der Waals surface area contributed by atoms with Gasteiger partial charge in [0.05, 0.1) is 13.2 Å². The smallest absolute Gasteiger partial charge is 0.463 e. The van der Waals surface area contributed by atoms with Crippen molar-refractivity contribution in [2.24, 2.45) is 0 Å². The molecule has 0 aliphatic carbocycles. The fourth-order valence-corrected chi connectivity index (χ4v) is 6.44. The predicted molar refractivity (Wildman–Crippen MR) is 256 cm³/mol. The molecule has 2 atom stereocenters. The molecule has 2 unspecified atom stereocenters. The summed E-state index contributed by atoms with van der Waals surface area (Å²) < 4.78 is 26.9. The van der Waals surface area contributed by atoms with Gasteiger partial charge in [-0.2, -0.15) is 0 Å². The van der Waals surface area contributed by atoms with E-state index in [0.29, 0.717) is 12.8 Å². The van der Waals surface area contributed by atoms with Crippen molar-refractivity contribution in [3.63, 3.8) is 0 Å². The highest BCUT2D eigenvalue weighted by Crippen LogP contribution is 2.42. The summed E-state index contributed by atoms with van der Waals surface area (Å²) in [4.78, 5) is 34.0. The van der Waals surface area contributed by atoms with Crippen LogP contribution in [0.15, 0.2) is 109 Å². The monoisotopic (exact) mass is 870 g/mol. The molecular formula is C51H84NO8P. The molecule has 0 aliphatic heterocycles. The molecule has 0 bridgehead atoms. The summed E-state index contributed by atoms with van der Waals surface area (Å²) in [5.41, 5.74) is 0. The van der Waals surface area contributed by atoms with Crippen molar-refractivity contribution in [1.82, 2.24) is 5.32 Å². The third kappa shape index (κ3) is 47.6. The number of rotatable bonds is 42. The number of unbranched alkanes of at least 4 members (excludes halogenated alkanes) is 11. The summed E-state index contributed by atoms with van der Waals surface area (Å²) in [7, 11) is -4.44. The Morgan fingerprint density at radius 3 is 1.43 bits per heavy atom. The number of allylic oxidation sites excluding steroid dienone is 18. The third-order valence-electron chi connectivity index (χ3n) is 9.19. The Morgan fingerprint density at radius 2 is 0.934 bits per heavy atom. The van der Waals surface area contributed by atoms with Crippen LogP contribution in [0.3, 0.4) is 0 Å². The van der Waals surface area contributed by atoms with Crippen LogP contribution in [0.2, 0.25) is 0 Å². The quantitative estimate of drug-likeness (QED) is 0.0239. The van der Waals surface area contributed by atoms with Crippen molar-refractivity contribution in [1.29, 1.82) is 0 Å². The zero-order valence-corrected chi connectivity index (χ0v) is 39.0. The van der Waals surface area contributed by atoms with Gasteiger partial charge < -0.3 is 20.1 Å². The Kier molecular flexibility index (Phi) is 43.7. The maximum absolute atomic E-state index is 12.1. The minimum absolute atomic E-state index is 0.0539. The molecule has 0 spiro atoms. The lowest BCUT2D eigenvalue weighted by Gasteiger charge is -2.15. The van der Waals surface area contributed by atoms with E-state index in [1.165, 1.54) is 25.7 Å². The Morgan fingerprint density at radius 1 is 0.525 bits per heavy atom. The number of carbonyl (C=O) groups is 2. The van der Waals surface area contributed by atoms with E-state index in [2.05, 4.69) is 129 Å². The number of esters is 1. The SMILES string of the molecule is CC/C=C\C/C=C\C/C=C\C/C=C\C/C=C\CCCCCC(=O)NCCOP(=O)(O)OCC(O)COC(=O)CCCCCCC/C=C\C/C=C\C/C=C\C/C=C\CCCCC. The second kappa shape index (κ2) is 46.2. The summed E-state index contributed by atoms with van der Waals surface area (Å²) >= 11 is 0. The van der Waals surface area contributed by atoms with Gasteiger partial charge in [-0.1, -0.05) is 162 Å². The Balaban J connectivity index is 3.71. The average molecular weight is 870 g/mol. The number of amides is 1. The van der Waals surface area contributed by atoms with Crippen LogP contribution in [0.5, 0.6) is 0 Å². The second-order valence-electron chi connectivity index (χ2n) is 15.0. The van der Waals surface area contributed by atoms with Gasteiger partial charge >= 0.3 is 13.8 Å². The first-order valence-electron chi connectivity index (χ1n) is 23.4. The molecule has 0 heterocycles. The van der Waals surface area contributed by atoms with E-state index >= 15 is 0 Å². The molecule has 3 N–H and O–H groups in total. The Hall–Kier alpha value is -3.33. The Labute approximate surface area is 371 Å². The zero-order chi connectivity index (χ0) is 44.6. The van der Waals surface area contributed by atoms with Crippen molar-refractivity contribution >= 4 is 19.7 Å². The molecule has 0 aliphatic rings. The number of carbonyl (C=O) groups excluding carboxylic acids is 2. The lowest BCUT2D eigenvalue weighted by molar-refractivity contribution is -0.147. The van der Waals surface area contributed by atoms with Crippen molar-refractivity contribution in [3.8, 4) is 0 Å². The summed E-state index contributed by atoms with van der Waals surface area (Å²) in [5, 5.41) is 12.7. The van der Waals surface area contributed by atoms with Gasteiger partial charge in [0.2, 0.25) is 5.91 Å². The second-order valence-corrected chi connectivity index (χ2v) is 16.4. The highest BCUT2D eigenvalue weighted by molar-refractivity contribution is 7.47. The van der Waals surface area contributed by atoms with E-state index in [1.807, 2.05) is 0 Å². The fraction of sp³-hybridized carbons (Fsp3) is 0.608. The van der Waals surface area contributed by atoms with E-state index in [9.17, 15) is 24.2 Å². The van der Waals surface area contributed by atoms with E-state index in [-0.39, 0.29) is 32.1 Å².